The van der Waals surface area contributed by atoms with Crippen LogP contribution in [-0.2, 0) is 4.79 Å². The molecule has 0 N–H and O–H groups in total. The van der Waals surface area contributed by atoms with Crippen molar-refractivity contribution in [1.82, 2.24) is 0 Å². The lowest BCUT2D eigenvalue weighted by Gasteiger charge is -2.36. The molecule has 150 valence electrons. The Morgan fingerprint density at radius 2 is 1.86 bits per heavy atom. The third kappa shape index (κ3) is 3.28. The van der Waals surface area contributed by atoms with E-state index in [0.717, 1.165) is 28.2 Å². The zero-order valence-corrected chi connectivity index (χ0v) is 16.4. The molecule has 3 aromatic rings. The molecule has 0 saturated carbocycles. The first-order valence-electron chi connectivity index (χ1n) is 9.42. The number of carbonyl (C=O) groups excluding carboxylic acids is 1. The normalized spacial score (nSPS) is 16.9. The lowest BCUT2D eigenvalue weighted by molar-refractivity contribution is -0.120. The summed E-state index contributed by atoms with van der Waals surface area (Å²) in [6.45, 7) is 3.74. The molecule has 0 aliphatic carbocycles. The fourth-order valence-corrected chi connectivity index (χ4v) is 3.69. The Morgan fingerprint density at radius 1 is 1.14 bits per heavy atom. The molecule has 0 aromatic heterocycles. The number of nitrogens with zero attached hydrogens (tertiary/aromatic N) is 1. The highest BCUT2D eigenvalue weighted by molar-refractivity contribution is 6.00. The molecule has 0 bridgehead atoms. The van der Waals surface area contributed by atoms with Gasteiger partial charge in [-0.3, -0.25) is 4.79 Å². The van der Waals surface area contributed by atoms with Crippen LogP contribution in [0.15, 0.2) is 48.5 Å². The van der Waals surface area contributed by atoms with E-state index in [9.17, 15) is 13.6 Å². The van der Waals surface area contributed by atoms with Gasteiger partial charge in [0.1, 0.15) is 12.4 Å². The van der Waals surface area contributed by atoms with Crippen molar-refractivity contribution in [2.45, 2.75) is 25.8 Å². The van der Waals surface area contributed by atoms with Gasteiger partial charge in [0.25, 0.3) is 0 Å². The second-order valence-electron chi connectivity index (χ2n) is 7.27. The summed E-state index contributed by atoms with van der Waals surface area (Å²) in [5.41, 5.74) is 1.10. The van der Waals surface area contributed by atoms with Crippen LogP contribution < -0.4 is 14.4 Å². The maximum Gasteiger partial charge on any atom is 0.234 e. The molecule has 1 aliphatic rings. The van der Waals surface area contributed by atoms with Crippen LogP contribution in [0.25, 0.3) is 10.8 Å². The fourth-order valence-electron chi connectivity index (χ4n) is 3.69. The number of methoxy groups -OCH3 is 1. The van der Waals surface area contributed by atoms with Gasteiger partial charge in [-0.1, -0.05) is 24.3 Å². The molecule has 0 unspecified atom stereocenters. The summed E-state index contributed by atoms with van der Waals surface area (Å²) in [5.74, 6) is -2.18. The minimum Gasteiger partial charge on any atom is -0.497 e. The Hall–Kier alpha value is -3.15. The van der Waals surface area contributed by atoms with E-state index in [1.54, 1.807) is 7.11 Å². The van der Waals surface area contributed by atoms with Crippen molar-refractivity contribution in [2.75, 3.05) is 18.6 Å². The van der Waals surface area contributed by atoms with Crippen LogP contribution in [0.3, 0.4) is 0 Å². The second-order valence-corrected chi connectivity index (χ2v) is 7.27. The van der Waals surface area contributed by atoms with Crippen molar-refractivity contribution in [3.05, 3.63) is 65.7 Å². The molecule has 1 aliphatic heterocycles. The summed E-state index contributed by atoms with van der Waals surface area (Å²) in [4.78, 5) is 14.8. The Balaban J connectivity index is 1.69. The van der Waals surface area contributed by atoms with Gasteiger partial charge in [-0.25, -0.2) is 4.39 Å². The summed E-state index contributed by atoms with van der Waals surface area (Å²) < 4.78 is 38.4. The van der Waals surface area contributed by atoms with Gasteiger partial charge in [-0.2, -0.15) is 4.39 Å². The topological polar surface area (TPSA) is 38.8 Å². The molecule has 3 aromatic carbocycles. The number of benzene rings is 3. The highest BCUT2D eigenvalue weighted by Gasteiger charge is 2.35. The predicted octanol–water partition coefficient (Wildman–Crippen LogP) is 5.04. The summed E-state index contributed by atoms with van der Waals surface area (Å²) in [5, 5.41) is 2.00. The van der Waals surface area contributed by atoms with E-state index in [1.807, 2.05) is 50.2 Å². The smallest absolute Gasteiger partial charge is 0.234 e. The lowest BCUT2D eigenvalue weighted by atomic mass is 9.95. The number of rotatable bonds is 3. The second kappa shape index (κ2) is 7.35. The average molecular weight is 397 g/mol. The molecular weight excluding hydrogens is 376 g/mol. The number of hydrogen-bond donors (Lipinski definition) is 0. The molecule has 29 heavy (non-hydrogen) atoms. The number of amides is 1. The zero-order chi connectivity index (χ0) is 20.7. The fraction of sp³-hybridized carbons (Fsp3) is 0.261. The Bertz CT molecular complexity index is 1100. The number of ether oxygens (including phenoxy) is 2. The van der Waals surface area contributed by atoms with Crippen LogP contribution in [0.2, 0.25) is 0 Å². The highest BCUT2D eigenvalue weighted by Crippen LogP contribution is 2.39. The van der Waals surface area contributed by atoms with E-state index in [0.29, 0.717) is 0 Å². The molecule has 1 heterocycles. The van der Waals surface area contributed by atoms with Crippen LogP contribution in [0.1, 0.15) is 25.3 Å². The first-order valence-corrected chi connectivity index (χ1v) is 9.42. The molecule has 0 fully saturated rings. The van der Waals surface area contributed by atoms with Gasteiger partial charge in [0.05, 0.1) is 24.8 Å². The number of fused-ring (bicyclic) bond motifs is 2. The Morgan fingerprint density at radius 3 is 2.62 bits per heavy atom. The first-order chi connectivity index (χ1) is 13.9. The minimum atomic E-state index is -1.07. The third-order valence-electron chi connectivity index (χ3n) is 5.38. The van der Waals surface area contributed by atoms with E-state index in [1.165, 1.54) is 11.0 Å². The lowest BCUT2D eigenvalue weighted by Crippen LogP contribution is -2.47. The van der Waals surface area contributed by atoms with Crippen molar-refractivity contribution in [1.29, 1.82) is 0 Å². The first kappa shape index (κ1) is 19.2. The van der Waals surface area contributed by atoms with Crippen LogP contribution >= 0.6 is 0 Å². The van der Waals surface area contributed by atoms with E-state index >= 15 is 0 Å². The average Bonchev–Trinajstić information content (AvgIpc) is 2.74. The molecule has 4 rings (SSSR count). The zero-order valence-electron chi connectivity index (χ0n) is 16.4. The number of hydrogen-bond acceptors (Lipinski definition) is 3. The number of anilines is 1. The summed E-state index contributed by atoms with van der Waals surface area (Å²) >= 11 is 0. The van der Waals surface area contributed by atoms with Crippen LogP contribution in [0.5, 0.6) is 11.5 Å². The summed E-state index contributed by atoms with van der Waals surface area (Å²) in [6.07, 6.45) is 0. The molecule has 1 amide bonds. The van der Waals surface area contributed by atoms with Crippen molar-refractivity contribution in [2.24, 2.45) is 0 Å². The van der Waals surface area contributed by atoms with Crippen LogP contribution in [0.4, 0.5) is 14.5 Å². The summed E-state index contributed by atoms with van der Waals surface area (Å²) in [7, 11) is 1.62. The van der Waals surface area contributed by atoms with Gasteiger partial charge in [0.2, 0.25) is 11.7 Å². The van der Waals surface area contributed by atoms with Crippen molar-refractivity contribution in [3.8, 4) is 11.5 Å². The van der Waals surface area contributed by atoms with Crippen molar-refractivity contribution in [3.63, 3.8) is 0 Å². The summed E-state index contributed by atoms with van der Waals surface area (Å²) in [6, 6.07) is 13.7. The van der Waals surface area contributed by atoms with Gasteiger partial charge in [-0.05, 0) is 54.4 Å². The molecule has 2 atom stereocenters. The third-order valence-corrected chi connectivity index (χ3v) is 5.38. The van der Waals surface area contributed by atoms with Gasteiger partial charge in [0.15, 0.2) is 11.6 Å². The number of halogens is 2. The van der Waals surface area contributed by atoms with Gasteiger partial charge < -0.3 is 14.4 Å². The Kier molecular flexibility index (Phi) is 4.86. The largest absolute Gasteiger partial charge is 0.497 e. The molecule has 0 saturated heterocycles. The maximum atomic E-state index is 14.2. The molecule has 0 radical (unpaired) electrons. The van der Waals surface area contributed by atoms with E-state index < -0.39 is 17.6 Å². The molecular formula is C23H21F2NO3. The van der Waals surface area contributed by atoms with Crippen LogP contribution in [-0.4, -0.2) is 25.7 Å². The van der Waals surface area contributed by atoms with E-state index in [4.69, 9.17) is 9.47 Å². The van der Waals surface area contributed by atoms with Crippen molar-refractivity contribution >= 4 is 22.4 Å². The van der Waals surface area contributed by atoms with Gasteiger partial charge in [-0.15, -0.1) is 0 Å². The van der Waals surface area contributed by atoms with Gasteiger partial charge in [0, 0.05) is 0 Å². The standard InChI is InChI=1S/C23H21F2NO3/c1-13-12-29-22-20(9-8-19(24)21(22)25)26(13)23(27)14(2)15-4-5-17-11-18(28-3)7-6-16(17)10-15/h4-11,13-14H,12H2,1-3H3/t13-,14+/m0/s1. The quantitative estimate of drug-likeness (QED) is 0.621. The van der Waals surface area contributed by atoms with E-state index in [-0.39, 0.29) is 30.0 Å². The predicted molar refractivity (Wildman–Crippen MR) is 108 cm³/mol. The Labute approximate surface area is 167 Å². The molecule has 4 nitrogen and oxygen atoms in total. The van der Waals surface area contributed by atoms with Crippen molar-refractivity contribution < 1.29 is 23.0 Å². The highest BCUT2D eigenvalue weighted by atomic mass is 19.2. The number of carbonyl (C=O) groups is 1. The minimum absolute atomic E-state index is 0.101. The maximum absolute atomic E-state index is 14.2. The van der Waals surface area contributed by atoms with Crippen LogP contribution in [0, 0.1) is 11.6 Å². The molecule has 0 spiro atoms. The monoisotopic (exact) mass is 397 g/mol. The van der Waals surface area contributed by atoms with Gasteiger partial charge >= 0.3 is 0 Å². The van der Waals surface area contributed by atoms with E-state index in [2.05, 4.69) is 0 Å². The molecule has 6 heteroatoms. The SMILES string of the molecule is COc1ccc2cc([C@@H](C)C(=O)N3c4ccc(F)c(F)c4OC[C@@H]3C)ccc2c1.